The molecule has 66 valence electrons. The Morgan fingerprint density at radius 1 is 1.55 bits per heavy atom. The minimum atomic E-state index is -0.152. The summed E-state index contributed by atoms with van der Waals surface area (Å²) in [5.74, 6) is 0. The van der Waals surface area contributed by atoms with Crippen molar-refractivity contribution < 1.29 is 5.11 Å². The highest BCUT2D eigenvalue weighted by Gasteiger charge is 1.92. The van der Waals surface area contributed by atoms with Gasteiger partial charge in [-0.25, -0.2) is 0 Å². The number of aliphatic hydroxyl groups is 1. The van der Waals surface area contributed by atoms with Gasteiger partial charge >= 0.3 is 0 Å². The fraction of sp³-hybridized carbons (Fsp3) is 0.800. The highest BCUT2D eigenvalue weighted by Crippen LogP contribution is 2.06. The molecule has 0 aliphatic rings. The topological polar surface area (TPSA) is 20.2 Å². The number of allylic oxidation sites excluding steroid dienone is 2. The lowest BCUT2D eigenvalue weighted by molar-refractivity contribution is 0.186. The molecule has 1 nitrogen and oxygen atoms in total. The van der Waals surface area contributed by atoms with E-state index in [-0.39, 0.29) is 6.10 Å². The van der Waals surface area contributed by atoms with Crippen molar-refractivity contribution in [1.29, 1.82) is 0 Å². The van der Waals surface area contributed by atoms with Gasteiger partial charge in [-0.15, -0.1) is 0 Å². The van der Waals surface area contributed by atoms with Crippen LogP contribution in [0.2, 0.25) is 0 Å². The second-order valence-corrected chi connectivity index (χ2v) is 3.23. The summed E-state index contributed by atoms with van der Waals surface area (Å²) < 4.78 is 0. The van der Waals surface area contributed by atoms with Crippen molar-refractivity contribution in [1.82, 2.24) is 0 Å². The van der Waals surface area contributed by atoms with E-state index in [4.69, 9.17) is 5.11 Å². The smallest absolute Gasteiger partial charge is 0.0515 e. The molecule has 1 N–H and O–H groups in total. The second kappa shape index (κ2) is 6.41. The lowest BCUT2D eigenvalue weighted by Gasteiger charge is -2.01. The van der Waals surface area contributed by atoms with Crippen LogP contribution in [0, 0.1) is 0 Å². The number of aliphatic hydroxyl groups excluding tert-OH is 1. The van der Waals surface area contributed by atoms with Crippen LogP contribution < -0.4 is 0 Å². The Morgan fingerprint density at radius 2 is 2.18 bits per heavy atom. The summed E-state index contributed by atoms with van der Waals surface area (Å²) in [5.41, 5.74) is 1.45. The molecule has 0 rings (SSSR count). The van der Waals surface area contributed by atoms with Crippen molar-refractivity contribution in [2.45, 2.75) is 52.6 Å². The summed E-state index contributed by atoms with van der Waals surface area (Å²) in [4.78, 5) is 0. The maximum atomic E-state index is 8.97. The number of hydrogen-bond acceptors (Lipinski definition) is 1. The molecule has 0 aromatic carbocycles. The molecular weight excluding hydrogens is 136 g/mol. The third kappa shape index (κ3) is 7.60. The van der Waals surface area contributed by atoms with Gasteiger partial charge in [0.1, 0.15) is 0 Å². The van der Waals surface area contributed by atoms with Gasteiger partial charge in [-0.1, -0.05) is 25.0 Å². The molecule has 0 bridgehead atoms. The van der Waals surface area contributed by atoms with Crippen molar-refractivity contribution in [3.63, 3.8) is 0 Å². The van der Waals surface area contributed by atoms with Gasteiger partial charge in [0.05, 0.1) is 6.10 Å². The normalized spacial score (nSPS) is 15.1. The van der Waals surface area contributed by atoms with Gasteiger partial charge in [0, 0.05) is 0 Å². The van der Waals surface area contributed by atoms with E-state index in [9.17, 15) is 0 Å². The minimum Gasteiger partial charge on any atom is -0.393 e. The van der Waals surface area contributed by atoms with Crippen LogP contribution in [0.15, 0.2) is 11.6 Å². The first kappa shape index (κ1) is 10.7. The van der Waals surface area contributed by atoms with Crippen LogP contribution in [0.5, 0.6) is 0 Å². The highest BCUT2D eigenvalue weighted by molar-refractivity contribution is 4.97. The average Bonchev–Trinajstić information content (AvgIpc) is 1.87. The van der Waals surface area contributed by atoms with E-state index in [0.29, 0.717) is 0 Å². The molecule has 0 amide bonds. The van der Waals surface area contributed by atoms with Gasteiger partial charge in [-0.3, -0.25) is 0 Å². The molecule has 0 heterocycles. The van der Waals surface area contributed by atoms with Crippen molar-refractivity contribution >= 4 is 0 Å². The zero-order chi connectivity index (χ0) is 8.69. The largest absolute Gasteiger partial charge is 0.393 e. The first-order valence-corrected chi connectivity index (χ1v) is 4.50. The molecule has 0 radical (unpaired) electrons. The second-order valence-electron chi connectivity index (χ2n) is 3.23. The maximum Gasteiger partial charge on any atom is 0.0515 e. The average molecular weight is 156 g/mol. The van der Waals surface area contributed by atoms with E-state index in [2.05, 4.69) is 19.9 Å². The molecule has 1 heteroatoms. The Bertz CT molecular complexity index is 114. The predicted molar refractivity (Wildman–Crippen MR) is 49.6 cm³/mol. The Kier molecular flexibility index (Phi) is 6.24. The van der Waals surface area contributed by atoms with E-state index < -0.39 is 0 Å². The van der Waals surface area contributed by atoms with Crippen molar-refractivity contribution in [3.05, 3.63) is 11.6 Å². The third-order valence-corrected chi connectivity index (χ3v) is 1.72. The summed E-state index contributed by atoms with van der Waals surface area (Å²) in [6.45, 7) is 6.18. The Balaban J connectivity index is 3.39. The molecular formula is C10H20O. The first-order valence-electron chi connectivity index (χ1n) is 4.50. The zero-order valence-electron chi connectivity index (χ0n) is 7.93. The summed E-state index contributed by atoms with van der Waals surface area (Å²) in [6.07, 6.45) is 6.40. The van der Waals surface area contributed by atoms with E-state index in [1.165, 1.54) is 18.4 Å². The summed E-state index contributed by atoms with van der Waals surface area (Å²) in [7, 11) is 0. The first-order chi connectivity index (χ1) is 5.16. The fourth-order valence-electron chi connectivity index (χ4n) is 1.07. The molecule has 0 aliphatic carbocycles. The molecule has 0 fully saturated rings. The summed E-state index contributed by atoms with van der Waals surface area (Å²) >= 11 is 0. The molecule has 0 aromatic heterocycles. The standard InChI is InChI=1S/C10H20O/c1-4-6-9(2)7-5-8-10(3)11/h7,10-11H,4-6,8H2,1-3H3. The van der Waals surface area contributed by atoms with Crippen LogP contribution >= 0.6 is 0 Å². The van der Waals surface area contributed by atoms with Crippen molar-refractivity contribution in [3.8, 4) is 0 Å². The van der Waals surface area contributed by atoms with E-state index in [1.807, 2.05) is 6.92 Å². The highest BCUT2D eigenvalue weighted by atomic mass is 16.3. The van der Waals surface area contributed by atoms with Gasteiger partial charge in [0.15, 0.2) is 0 Å². The van der Waals surface area contributed by atoms with Crippen LogP contribution in [0.25, 0.3) is 0 Å². The van der Waals surface area contributed by atoms with Crippen LogP contribution in [0.4, 0.5) is 0 Å². The van der Waals surface area contributed by atoms with E-state index >= 15 is 0 Å². The minimum absolute atomic E-state index is 0.152. The zero-order valence-corrected chi connectivity index (χ0v) is 7.93. The molecule has 0 aliphatic heterocycles. The lowest BCUT2D eigenvalue weighted by Crippen LogP contribution is -1.97. The lowest BCUT2D eigenvalue weighted by atomic mass is 10.1. The molecule has 1 atom stereocenters. The van der Waals surface area contributed by atoms with Gasteiger partial charge < -0.3 is 5.11 Å². The van der Waals surface area contributed by atoms with E-state index in [0.717, 1.165) is 12.8 Å². The predicted octanol–water partition coefficient (Wildman–Crippen LogP) is 2.89. The third-order valence-electron chi connectivity index (χ3n) is 1.72. The van der Waals surface area contributed by atoms with Gasteiger partial charge in [-0.2, -0.15) is 0 Å². The molecule has 0 saturated heterocycles. The van der Waals surface area contributed by atoms with Gasteiger partial charge in [0.2, 0.25) is 0 Å². The Morgan fingerprint density at radius 3 is 2.64 bits per heavy atom. The molecule has 1 unspecified atom stereocenters. The monoisotopic (exact) mass is 156 g/mol. The van der Waals surface area contributed by atoms with E-state index in [1.54, 1.807) is 0 Å². The van der Waals surface area contributed by atoms with Crippen LogP contribution in [-0.4, -0.2) is 11.2 Å². The molecule has 0 spiro atoms. The Labute approximate surface area is 70.1 Å². The van der Waals surface area contributed by atoms with Crippen LogP contribution in [-0.2, 0) is 0 Å². The summed E-state index contributed by atoms with van der Waals surface area (Å²) in [5, 5.41) is 8.97. The van der Waals surface area contributed by atoms with Gasteiger partial charge in [0.25, 0.3) is 0 Å². The van der Waals surface area contributed by atoms with Gasteiger partial charge in [-0.05, 0) is 33.1 Å². The van der Waals surface area contributed by atoms with Crippen molar-refractivity contribution in [2.24, 2.45) is 0 Å². The maximum absolute atomic E-state index is 8.97. The quantitative estimate of drug-likeness (QED) is 0.607. The summed E-state index contributed by atoms with van der Waals surface area (Å²) in [6, 6.07) is 0. The number of hydrogen-bond donors (Lipinski definition) is 1. The SMILES string of the molecule is CCCC(C)=CCCC(C)O. The van der Waals surface area contributed by atoms with Crippen LogP contribution in [0.1, 0.15) is 46.5 Å². The van der Waals surface area contributed by atoms with Crippen LogP contribution in [0.3, 0.4) is 0 Å². The molecule has 0 saturated carbocycles. The molecule has 11 heavy (non-hydrogen) atoms. The molecule has 0 aromatic rings. The number of rotatable bonds is 5. The Hall–Kier alpha value is -0.300. The van der Waals surface area contributed by atoms with Crippen molar-refractivity contribution in [2.75, 3.05) is 0 Å². The fourth-order valence-corrected chi connectivity index (χ4v) is 1.07.